The normalized spacial score (nSPS) is 16.9. The minimum Gasteiger partial charge on any atom is -0.444 e. The van der Waals surface area contributed by atoms with Gasteiger partial charge in [-0.1, -0.05) is 66.9 Å². The van der Waals surface area contributed by atoms with Gasteiger partial charge in [0.15, 0.2) is 44.2 Å². The van der Waals surface area contributed by atoms with E-state index in [-0.39, 0.29) is 35.5 Å². The molecule has 7 aromatic rings. The van der Waals surface area contributed by atoms with Crippen LogP contribution in [0.15, 0.2) is 61.4 Å². The summed E-state index contributed by atoms with van der Waals surface area (Å²) in [5.41, 5.74) is 11.5. The van der Waals surface area contributed by atoms with Crippen LogP contribution in [0.2, 0.25) is 21.3 Å². The third-order valence-corrected chi connectivity index (χ3v) is 21.4. The summed E-state index contributed by atoms with van der Waals surface area (Å²) in [7, 11) is -1.04. The molecule has 15 rings (SSSR count). The number of likely N-dealkylation sites (tertiary alicyclic amines) is 3. The van der Waals surface area contributed by atoms with Gasteiger partial charge in [0.1, 0.15) is 52.5 Å². The fraction of sp³-hybridized carbons (Fsp3) is 0.590. The van der Waals surface area contributed by atoms with Crippen molar-refractivity contribution in [2.75, 3.05) is 103 Å². The van der Waals surface area contributed by atoms with Gasteiger partial charge in [-0.25, -0.2) is 44.3 Å². The van der Waals surface area contributed by atoms with Crippen LogP contribution < -0.4 is 37.6 Å². The second kappa shape index (κ2) is 44.9. The third-order valence-electron chi connectivity index (χ3n) is 20.8. The minimum absolute atomic E-state index is 0.208. The van der Waals surface area contributed by atoms with E-state index < -0.39 is 23.9 Å². The van der Waals surface area contributed by atoms with Crippen molar-refractivity contribution < 1.29 is 38.6 Å². The molecule has 0 bridgehead atoms. The fourth-order valence-electron chi connectivity index (χ4n) is 13.5. The number of nitrogen functional groups attached to an aromatic ring is 1. The van der Waals surface area contributed by atoms with Crippen LogP contribution in [0.3, 0.4) is 0 Å². The summed E-state index contributed by atoms with van der Waals surface area (Å²) in [6, 6.07) is 13.2. The van der Waals surface area contributed by atoms with Gasteiger partial charge in [-0.3, -0.25) is 0 Å². The lowest BCUT2D eigenvalue weighted by atomic mass is 9.84. The highest BCUT2D eigenvalue weighted by atomic mass is 35.5. The number of nitriles is 3. The molecule has 10 heterocycles. The van der Waals surface area contributed by atoms with E-state index in [9.17, 15) is 14.4 Å². The van der Waals surface area contributed by atoms with Crippen molar-refractivity contribution in [3.05, 3.63) is 111 Å². The molecule has 35 nitrogen and oxygen atoms in total. The van der Waals surface area contributed by atoms with E-state index in [1.807, 2.05) is 104 Å². The Hall–Kier alpha value is -10.7. The number of hydrogen-bond donors (Lipinski definition) is 9. The predicted molar refractivity (Wildman–Crippen MR) is 466 cm³/mol. The Morgan fingerprint density at radius 1 is 0.418 bits per heavy atom. The number of piperidine rings is 3. The van der Waals surface area contributed by atoms with Gasteiger partial charge in [0.25, 0.3) is 0 Å². The molecule has 10 N–H and O–H groups in total. The summed E-state index contributed by atoms with van der Waals surface area (Å²) in [5, 5.41) is 96.8. The zero-order chi connectivity index (χ0) is 87.5. The number of halogens is 3. The largest absolute Gasteiger partial charge is 0.454 e. The van der Waals surface area contributed by atoms with Crippen LogP contribution >= 0.6 is 34.8 Å². The van der Waals surface area contributed by atoms with E-state index in [2.05, 4.69) is 103 Å². The lowest BCUT2D eigenvalue weighted by Crippen LogP contribution is -2.42. The number of anilines is 9. The number of nitrogens with one attached hydrogen (secondary N) is 6. The number of nitrogens with zero attached hydrogens (tertiary/aromatic N) is 20. The molecule has 652 valence electrons. The van der Waals surface area contributed by atoms with Crippen LogP contribution in [0.25, 0.3) is 0 Å². The summed E-state index contributed by atoms with van der Waals surface area (Å²) in [6.07, 6.45) is 29.2. The molecule has 0 aromatic carbocycles. The van der Waals surface area contributed by atoms with Gasteiger partial charge >= 0.3 is 25.4 Å². The number of rotatable bonds is 20. The number of carbonyl (C=O) groups excluding carboxylic acids is 3. The third kappa shape index (κ3) is 32.6. The average Bonchev–Trinajstić information content (AvgIpc) is 1.66. The molecule has 8 fully saturated rings. The van der Waals surface area contributed by atoms with Crippen LogP contribution in [0.5, 0.6) is 0 Å². The number of nitrogens with two attached hydrogens (primary N) is 1. The molecule has 0 radical (unpaired) electrons. The molecule has 0 spiro atoms. The van der Waals surface area contributed by atoms with Crippen molar-refractivity contribution in [1.29, 1.82) is 15.8 Å². The molecule has 3 amide bonds. The Bertz CT molecular complexity index is 4660. The Kier molecular flexibility index (Phi) is 34.4. The highest BCUT2D eigenvalue weighted by Crippen LogP contribution is 2.45. The molecule has 7 aromatic heterocycles. The van der Waals surface area contributed by atoms with Gasteiger partial charge in [0.2, 0.25) is 0 Å². The van der Waals surface area contributed by atoms with Crippen LogP contribution in [0.1, 0.15) is 236 Å². The van der Waals surface area contributed by atoms with E-state index in [0.29, 0.717) is 118 Å². The zero-order valence-corrected chi connectivity index (χ0v) is 73.2. The lowest BCUT2D eigenvalue weighted by molar-refractivity contribution is 0.0177. The first-order chi connectivity index (χ1) is 58.3. The van der Waals surface area contributed by atoms with Crippen LogP contribution in [-0.4, -0.2) is 203 Å². The van der Waals surface area contributed by atoms with E-state index in [4.69, 9.17) is 80.6 Å². The molecule has 5 aliphatic carbocycles. The van der Waals surface area contributed by atoms with Gasteiger partial charge in [-0.05, 0) is 182 Å². The summed E-state index contributed by atoms with van der Waals surface area (Å²) >= 11 is 17.8. The highest BCUT2D eigenvalue weighted by Gasteiger charge is 2.36. The molecule has 8 aliphatic rings. The first-order valence-corrected chi connectivity index (χ1v) is 43.1. The molecule has 39 heteroatoms. The molecule has 3 saturated heterocycles. The van der Waals surface area contributed by atoms with Crippen LogP contribution in [-0.2, 0) is 14.2 Å². The number of carbonyl (C=O) groups is 3. The second-order valence-corrected chi connectivity index (χ2v) is 35.8. The molecule has 3 aliphatic heterocycles. The summed E-state index contributed by atoms with van der Waals surface area (Å²) in [4.78, 5) is 65.5. The number of amides is 3. The Morgan fingerprint density at radius 2 is 0.746 bits per heavy atom. The van der Waals surface area contributed by atoms with E-state index in [1.165, 1.54) is 95.0 Å². The fourth-order valence-corrected chi connectivity index (χ4v) is 13.9. The molecular weight excluding hydrogens is 1620 g/mol. The maximum Gasteiger partial charge on any atom is 0.454 e. The number of ether oxygens (including phenoxy) is 3. The van der Waals surface area contributed by atoms with E-state index in [1.54, 1.807) is 15.9 Å². The topological polar surface area (TPSA) is 479 Å². The highest BCUT2D eigenvalue weighted by molar-refractivity contribution is 6.44. The molecular formula is C83H113BCl3N27O8. The Labute approximate surface area is 728 Å². The minimum atomic E-state index is -1.04. The van der Waals surface area contributed by atoms with Crippen molar-refractivity contribution in [1.82, 2.24) is 85.4 Å². The number of hydrogen-bond acceptors (Lipinski definition) is 32. The first kappa shape index (κ1) is 93.6. The quantitative estimate of drug-likeness (QED) is 0.0253. The molecule has 5 saturated carbocycles. The summed E-state index contributed by atoms with van der Waals surface area (Å²) in [5.74, 6) is 6.53. The van der Waals surface area contributed by atoms with E-state index in [0.717, 1.165) is 144 Å². The summed E-state index contributed by atoms with van der Waals surface area (Å²) < 4.78 is 16.3. The van der Waals surface area contributed by atoms with Crippen molar-refractivity contribution in [2.45, 2.75) is 225 Å². The number of aromatic nitrogens is 14. The maximum absolute atomic E-state index is 12.3. The molecule has 122 heavy (non-hydrogen) atoms. The monoisotopic (exact) mass is 1730 g/mol. The van der Waals surface area contributed by atoms with Crippen molar-refractivity contribution in [3.8, 4) is 18.2 Å². The van der Waals surface area contributed by atoms with Crippen molar-refractivity contribution in [2.24, 2.45) is 23.7 Å². The molecule has 0 atom stereocenters. The average molecular weight is 1730 g/mol. The standard InChI is InChI=1S/C23H30N8O2.C19H23N7.C18H27ClN4O2.C15H22Cl2N4O2.C5H4N4.C3H7BO2/c1-23(2,3)33-22(32)31-8-6-15(7-9-31)12-26-18-10-19(29-30-21(18)16-4-5-16)28-20-14-25-17(11-24)13-27-20;20-9-15-11-23-18(12-21-15)24-17-8-16(19(26-25-17)14-6-7-14)22-10-13-4-2-1-3-5-13;1-18(2,3)25-17(24)23-8-6-12(7-9-23)11-20-14-10-15(19)21-22-16(14)13-4-5-13;1-15(2,3)23-14(22)21-6-4-10(5-7-21)9-18-11-8-12(16)19-20-13(11)17;6-1-4-2-9-5(7)3-8-4;5-4(6)3-1-2-3/h10,13-16H,4-9,12H2,1-3H3,(H2,26,27,28,29);8,11-14H,1-7,10H2,(H2,22,23,24,25);10,12-13H,4-9,11H2,1-3H3,(H,20,21);8,10H,4-7,9H2,1-3H3,(H,18,19);2-3H,(H2,7,9);3,5-6H,1-2H2. The predicted octanol–water partition coefficient (Wildman–Crippen LogP) is 15.0. The second-order valence-electron chi connectivity index (χ2n) is 34.7. The lowest BCUT2D eigenvalue weighted by Gasteiger charge is -2.33. The van der Waals surface area contributed by atoms with Gasteiger partial charge in [0, 0.05) is 107 Å². The van der Waals surface area contributed by atoms with Crippen LogP contribution in [0, 0.1) is 57.7 Å². The van der Waals surface area contributed by atoms with E-state index >= 15 is 0 Å². The molecule has 0 unspecified atom stereocenters. The van der Waals surface area contributed by atoms with Gasteiger partial charge in [-0.15, -0.1) is 25.5 Å². The Morgan fingerprint density at radius 3 is 1.06 bits per heavy atom. The smallest absolute Gasteiger partial charge is 0.444 e. The maximum atomic E-state index is 12.3. The van der Waals surface area contributed by atoms with Crippen molar-refractivity contribution in [3.63, 3.8) is 0 Å². The summed E-state index contributed by atoms with van der Waals surface area (Å²) in [6.45, 7) is 24.7. The first-order valence-electron chi connectivity index (χ1n) is 42.0. The van der Waals surface area contributed by atoms with Crippen LogP contribution in [0.4, 0.5) is 66.2 Å². The van der Waals surface area contributed by atoms with Crippen molar-refractivity contribution >= 4 is 112 Å². The Balaban J connectivity index is 0.000000162. The SMILES string of the molecule is CC(C)(C)OC(=O)N1CCC(CNc2cc(Cl)nnc2C2CC2)CC1.CC(C)(C)OC(=O)N1CCC(CNc2cc(Cl)nnc2Cl)CC1.CC(C)(C)OC(=O)N1CCC(CNc2cc(Nc3cnc(C#N)cn3)nnc2C2CC2)CC1.N#Cc1cnc(N)cn1.N#Cc1cnc(Nc2cc(NCC3CCCCC3)c(C3CC3)nn2)cn1.OB(O)C1CC1. The zero-order valence-electron chi connectivity index (χ0n) is 71.0. The van der Waals surface area contributed by atoms with Gasteiger partial charge in [-0.2, -0.15) is 31.1 Å². The van der Waals surface area contributed by atoms with Gasteiger partial charge in [0.05, 0.1) is 77.0 Å². The van der Waals surface area contributed by atoms with Gasteiger partial charge < -0.3 is 76.6 Å².